The molecule has 1 aliphatic rings. The fourth-order valence-corrected chi connectivity index (χ4v) is 6.91. The maximum absolute atomic E-state index is 12.8. The lowest BCUT2D eigenvalue weighted by molar-refractivity contribution is -0.220. The number of phosphoric ester groups is 1. The fraction of sp³-hybridized carbons (Fsp3) is 0.617. The molecule has 1 aliphatic carbocycles. The molecule has 0 spiro atoms. The van der Waals surface area contributed by atoms with E-state index in [1.807, 2.05) is 36.5 Å². The van der Waals surface area contributed by atoms with Gasteiger partial charge in [0.25, 0.3) is 0 Å². The van der Waals surface area contributed by atoms with Crippen molar-refractivity contribution in [2.45, 2.75) is 172 Å². The third-order valence-corrected chi connectivity index (χ3v) is 10.5. The number of aliphatic hydroxyl groups excluding tert-OH is 5. The van der Waals surface area contributed by atoms with Gasteiger partial charge in [0.15, 0.2) is 6.10 Å². The predicted octanol–water partition coefficient (Wildman–Crippen LogP) is 8.27. The van der Waals surface area contributed by atoms with E-state index >= 15 is 0 Å². The average molecular weight is 879 g/mol. The number of hydrogen-bond donors (Lipinski definition) is 6. The van der Waals surface area contributed by atoms with Crippen LogP contribution in [0.4, 0.5) is 0 Å². The third-order valence-electron chi connectivity index (χ3n) is 9.48. The molecule has 1 fully saturated rings. The number of phosphoric acid groups is 1. The first-order valence-corrected chi connectivity index (χ1v) is 23.6. The Balaban J connectivity index is 2.54. The highest BCUT2D eigenvalue weighted by molar-refractivity contribution is 7.47. The molecule has 0 heterocycles. The standard InChI is InChI=1S/C47H75O13P/c1-3-5-7-9-11-13-15-17-19-20-22-24-26-28-30-32-34-36-41(49)59-39(38-58-61(55,56)60-47-45(53)43(51)42(50)44(52)46(47)54)37-57-40(48)35-33-31-29-27-25-23-21-18-16-14-12-10-8-6-4-2/h6-10,12-16,18-21,24,26,39,42-47,50-54H,3-5,11,17,22-23,25,27-38H2,1-2H3,(H,55,56)/b8-6+,9-7+,12-10+,15-13+,16-14+,20-19+,21-18+,26-24+/t39-,42?,43+,44?,45?,46?,47?/m1/s1. The van der Waals surface area contributed by atoms with Gasteiger partial charge in [0.05, 0.1) is 6.61 Å². The Kier molecular flexibility index (Phi) is 33.2. The Hall–Kier alpha value is -3.23. The van der Waals surface area contributed by atoms with Gasteiger partial charge in [-0.15, -0.1) is 0 Å². The SMILES string of the molecule is CC/C=C/C=C/C=C/C=C/CCCCCCCC(=O)OC[C@H](COP(=O)(O)OC1C(O)C(O)C(O)[C@H](O)C1O)OC(=O)CCCCC/C=C/C/C=C/C/C=C/C/C=C/CCC. The van der Waals surface area contributed by atoms with Crippen LogP contribution in [0.25, 0.3) is 0 Å². The van der Waals surface area contributed by atoms with Gasteiger partial charge in [-0.1, -0.05) is 143 Å². The minimum absolute atomic E-state index is 0.0471. The Bertz CT molecular complexity index is 1430. The summed E-state index contributed by atoms with van der Waals surface area (Å²) in [5, 5.41) is 50.1. The Morgan fingerprint density at radius 1 is 0.541 bits per heavy atom. The summed E-state index contributed by atoms with van der Waals surface area (Å²) in [5.41, 5.74) is 0. The molecule has 0 aromatic heterocycles. The zero-order chi connectivity index (χ0) is 45.0. The lowest BCUT2D eigenvalue weighted by atomic mass is 9.85. The molecule has 0 aromatic carbocycles. The van der Waals surface area contributed by atoms with Gasteiger partial charge in [-0.2, -0.15) is 0 Å². The van der Waals surface area contributed by atoms with Crippen LogP contribution >= 0.6 is 7.82 Å². The molecule has 6 unspecified atom stereocenters. The first kappa shape index (κ1) is 55.8. The van der Waals surface area contributed by atoms with E-state index in [9.17, 15) is 44.6 Å². The first-order valence-electron chi connectivity index (χ1n) is 22.1. The van der Waals surface area contributed by atoms with E-state index in [1.165, 1.54) is 0 Å². The second kappa shape index (κ2) is 36.3. The molecule has 0 aliphatic heterocycles. The Morgan fingerprint density at radius 3 is 1.59 bits per heavy atom. The van der Waals surface area contributed by atoms with Crippen molar-refractivity contribution >= 4 is 19.8 Å². The van der Waals surface area contributed by atoms with Gasteiger partial charge >= 0.3 is 19.8 Å². The largest absolute Gasteiger partial charge is 0.472 e. The number of esters is 2. The van der Waals surface area contributed by atoms with E-state index in [0.717, 1.165) is 89.9 Å². The summed E-state index contributed by atoms with van der Waals surface area (Å²) in [5.74, 6) is -1.18. The number of carbonyl (C=O) groups excluding carboxylic acids is 2. The van der Waals surface area contributed by atoms with Gasteiger partial charge in [-0.3, -0.25) is 18.6 Å². The second-order valence-electron chi connectivity index (χ2n) is 14.9. The van der Waals surface area contributed by atoms with Crippen LogP contribution in [0.5, 0.6) is 0 Å². The molecule has 0 radical (unpaired) electrons. The van der Waals surface area contributed by atoms with Crippen LogP contribution in [0.3, 0.4) is 0 Å². The van der Waals surface area contributed by atoms with E-state index in [4.69, 9.17) is 18.5 Å². The maximum Gasteiger partial charge on any atom is 0.472 e. The van der Waals surface area contributed by atoms with Crippen molar-refractivity contribution < 1.29 is 63.1 Å². The van der Waals surface area contributed by atoms with Crippen molar-refractivity contribution in [2.24, 2.45) is 0 Å². The van der Waals surface area contributed by atoms with Crippen molar-refractivity contribution in [2.75, 3.05) is 13.2 Å². The topological polar surface area (TPSA) is 210 Å². The Morgan fingerprint density at radius 2 is 1.00 bits per heavy atom. The summed E-state index contributed by atoms with van der Waals surface area (Å²) >= 11 is 0. The molecule has 346 valence electrons. The summed E-state index contributed by atoms with van der Waals surface area (Å²) in [7, 11) is -5.14. The molecule has 14 heteroatoms. The molecule has 13 nitrogen and oxygen atoms in total. The quantitative estimate of drug-likeness (QED) is 0.0118. The fourth-order valence-electron chi connectivity index (χ4n) is 5.93. The van der Waals surface area contributed by atoms with E-state index < -0.39 is 75.7 Å². The van der Waals surface area contributed by atoms with E-state index in [1.54, 1.807) is 0 Å². The zero-order valence-corrected chi connectivity index (χ0v) is 37.3. The summed E-state index contributed by atoms with van der Waals surface area (Å²) in [6, 6.07) is 0. The molecule has 0 saturated heterocycles. The van der Waals surface area contributed by atoms with Crippen LogP contribution in [0, 0.1) is 0 Å². The van der Waals surface area contributed by atoms with Crippen molar-refractivity contribution in [3.05, 3.63) is 97.2 Å². The zero-order valence-electron chi connectivity index (χ0n) is 36.4. The predicted molar refractivity (Wildman–Crippen MR) is 239 cm³/mol. The highest BCUT2D eigenvalue weighted by Gasteiger charge is 2.51. The van der Waals surface area contributed by atoms with Gasteiger partial charge in [-0.05, 0) is 70.6 Å². The lowest BCUT2D eigenvalue weighted by Crippen LogP contribution is -2.64. The van der Waals surface area contributed by atoms with Crippen molar-refractivity contribution in [1.29, 1.82) is 0 Å². The van der Waals surface area contributed by atoms with Crippen LogP contribution in [0.15, 0.2) is 97.2 Å². The van der Waals surface area contributed by atoms with Crippen LogP contribution < -0.4 is 0 Å². The highest BCUT2D eigenvalue weighted by Crippen LogP contribution is 2.47. The molecule has 6 N–H and O–H groups in total. The molecule has 8 atom stereocenters. The molecule has 0 aromatic rings. The van der Waals surface area contributed by atoms with Gasteiger partial charge < -0.3 is 39.9 Å². The van der Waals surface area contributed by atoms with E-state index in [2.05, 4.69) is 74.6 Å². The van der Waals surface area contributed by atoms with Gasteiger partial charge in [-0.25, -0.2) is 4.57 Å². The molecule has 0 bridgehead atoms. The van der Waals surface area contributed by atoms with E-state index in [-0.39, 0.29) is 12.8 Å². The van der Waals surface area contributed by atoms with E-state index in [0.29, 0.717) is 12.8 Å². The third kappa shape index (κ3) is 28.9. The minimum atomic E-state index is -5.14. The molecule has 61 heavy (non-hydrogen) atoms. The van der Waals surface area contributed by atoms with Crippen molar-refractivity contribution in [1.82, 2.24) is 0 Å². The van der Waals surface area contributed by atoms with Crippen LogP contribution in [-0.4, -0.2) is 98.3 Å². The van der Waals surface area contributed by atoms with Gasteiger partial charge in [0.2, 0.25) is 0 Å². The maximum atomic E-state index is 12.8. The number of unbranched alkanes of at least 4 members (excludes halogenated alkanes) is 9. The summed E-state index contributed by atoms with van der Waals surface area (Å²) in [6.45, 7) is 3.02. The highest BCUT2D eigenvalue weighted by atomic mass is 31.2. The van der Waals surface area contributed by atoms with Crippen LogP contribution in [0.2, 0.25) is 0 Å². The van der Waals surface area contributed by atoms with Crippen LogP contribution in [0.1, 0.15) is 129 Å². The molecular formula is C47H75O13P. The second-order valence-corrected chi connectivity index (χ2v) is 16.3. The van der Waals surface area contributed by atoms with Gasteiger partial charge in [0, 0.05) is 12.8 Å². The average Bonchev–Trinajstić information content (AvgIpc) is 3.24. The number of aliphatic hydroxyl groups is 5. The minimum Gasteiger partial charge on any atom is -0.462 e. The molecule has 0 amide bonds. The van der Waals surface area contributed by atoms with Crippen LogP contribution in [-0.2, 0) is 32.7 Å². The number of allylic oxidation sites excluding steroid dienone is 16. The molecule has 1 saturated carbocycles. The molecular weight excluding hydrogens is 803 g/mol. The number of rotatable bonds is 34. The summed E-state index contributed by atoms with van der Waals surface area (Å²) in [4.78, 5) is 35.7. The monoisotopic (exact) mass is 878 g/mol. The van der Waals surface area contributed by atoms with Crippen molar-refractivity contribution in [3.63, 3.8) is 0 Å². The molecule has 1 rings (SSSR count). The Labute approximate surface area is 364 Å². The lowest BCUT2D eigenvalue weighted by Gasteiger charge is -2.41. The van der Waals surface area contributed by atoms with Gasteiger partial charge in [0.1, 0.15) is 43.2 Å². The number of carbonyl (C=O) groups is 2. The summed E-state index contributed by atoms with van der Waals surface area (Å²) < 4.78 is 33.4. The normalized spacial score (nSPS) is 23.0. The smallest absolute Gasteiger partial charge is 0.462 e. The summed E-state index contributed by atoms with van der Waals surface area (Å²) in [6.07, 6.45) is 34.6. The number of hydrogen-bond acceptors (Lipinski definition) is 12. The number of ether oxygens (including phenoxy) is 2. The van der Waals surface area contributed by atoms with Crippen molar-refractivity contribution in [3.8, 4) is 0 Å². The first-order chi connectivity index (χ1) is 29.4.